The van der Waals surface area contributed by atoms with E-state index in [1.165, 1.54) is 0 Å². The van der Waals surface area contributed by atoms with Gasteiger partial charge in [-0.2, -0.15) is 0 Å². The molecule has 0 bridgehead atoms. The van der Waals surface area contributed by atoms with Gasteiger partial charge in [0.1, 0.15) is 5.75 Å². The molecular weight excluding hydrogens is 318 g/mol. The summed E-state index contributed by atoms with van der Waals surface area (Å²) in [7, 11) is 0. The molecule has 130 valence electrons. The van der Waals surface area contributed by atoms with Gasteiger partial charge in [-0.25, -0.2) is 4.98 Å². The van der Waals surface area contributed by atoms with Crippen molar-refractivity contribution in [1.82, 2.24) is 15.6 Å². The number of amides is 2. The van der Waals surface area contributed by atoms with Crippen molar-refractivity contribution < 1.29 is 14.3 Å². The number of hydrogen-bond donors (Lipinski definition) is 2. The highest BCUT2D eigenvalue weighted by Crippen LogP contribution is 2.37. The van der Waals surface area contributed by atoms with Gasteiger partial charge in [0.25, 0.3) is 0 Å². The normalized spacial score (nSPS) is 18.3. The lowest BCUT2D eigenvalue weighted by Crippen LogP contribution is -2.37. The topological polar surface area (TPSA) is 80.3 Å². The molecule has 1 aromatic carbocycles. The average Bonchev–Trinajstić information content (AvgIpc) is 3.36. The predicted molar refractivity (Wildman–Crippen MR) is 92.9 cm³/mol. The Labute approximate surface area is 146 Å². The SMILES string of the molecule is CC1CC1C(=O)NCC(=O)NCc1ccnc(Oc2ccccc2)c1. The zero-order valence-corrected chi connectivity index (χ0v) is 14.1. The van der Waals surface area contributed by atoms with E-state index in [4.69, 9.17) is 4.74 Å². The molecule has 25 heavy (non-hydrogen) atoms. The molecule has 3 rings (SSSR count). The van der Waals surface area contributed by atoms with E-state index in [2.05, 4.69) is 15.6 Å². The molecule has 2 aromatic rings. The lowest BCUT2D eigenvalue weighted by atomic mass is 10.2. The summed E-state index contributed by atoms with van der Waals surface area (Å²) in [4.78, 5) is 27.7. The van der Waals surface area contributed by atoms with Crippen LogP contribution in [0, 0.1) is 11.8 Å². The van der Waals surface area contributed by atoms with Crippen molar-refractivity contribution in [3.63, 3.8) is 0 Å². The number of nitrogens with zero attached hydrogens (tertiary/aromatic N) is 1. The van der Waals surface area contributed by atoms with E-state index in [9.17, 15) is 9.59 Å². The van der Waals surface area contributed by atoms with Crippen molar-refractivity contribution in [3.05, 3.63) is 54.2 Å². The van der Waals surface area contributed by atoms with Crippen molar-refractivity contribution in [1.29, 1.82) is 0 Å². The number of carbonyl (C=O) groups excluding carboxylic acids is 2. The molecule has 1 heterocycles. The maximum absolute atomic E-state index is 11.8. The first-order valence-corrected chi connectivity index (χ1v) is 8.34. The first-order chi connectivity index (χ1) is 12.1. The molecular formula is C19H21N3O3. The summed E-state index contributed by atoms with van der Waals surface area (Å²) in [5.74, 6) is 1.42. The Morgan fingerprint density at radius 1 is 1.20 bits per heavy atom. The van der Waals surface area contributed by atoms with E-state index in [0.717, 1.165) is 12.0 Å². The molecule has 1 aliphatic rings. The Morgan fingerprint density at radius 3 is 2.68 bits per heavy atom. The number of rotatable bonds is 7. The number of nitrogens with one attached hydrogen (secondary N) is 2. The minimum absolute atomic E-state index is 0.000505. The Morgan fingerprint density at radius 2 is 1.96 bits per heavy atom. The fourth-order valence-corrected chi connectivity index (χ4v) is 2.47. The second kappa shape index (κ2) is 7.79. The molecule has 1 fully saturated rings. The molecule has 0 spiro atoms. The van der Waals surface area contributed by atoms with Crippen molar-refractivity contribution in [3.8, 4) is 11.6 Å². The second-order valence-corrected chi connectivity index (χ2v) is 6.23. The lowest BCUT2D eigenvalue weighted by molar-refractivity contribution is -0.127. The smallest absolute Gasteiger partial charge is 0.239 e. The standard InChI is InChI=1S/C19H21N3O3/c1-13-9-16(13)19(24)22-12-17(23)21-11-14-7-8-20-18(10-14)25-15-5-3-2-4-6-15/h2-8,10,13,16H,9,11-12H2,1H3,(H,21,23)(H,22,24). The number of carbonyl (C=O) groups is 2. The third-order valence-electron chi connectivity index (χ3n) is 4.12. The van der Waals surface area contributed by atoms with Crippen LogP contribution in [0.15, 0.2) is 48.7 Å². The van der Waals surface area contributed by atoms with Crippen molar-refractivity contribution in [2.24, 2.45) is 11.8 Å². The first-order valence-electron chi connectivity index (χ1n) is 8.34. The molecule has 0 aliphatic heterocycles. The van der Waals surface area contributed by atoms with Crippen LogP contribution in [0.4, 0.5) is 0 Å². The van der Waals surface area contributed by atoms with Crippen LogP contribution in [0.1, 0.15) is 18.9 Å². The Balaban J connectivity index is 1.45. The minimum Gasteiger partial charge on any atom is -0.439 e. The summed E-state index contributed by atoms with van der Waals surface area (Å²) in [5, 5.41) is 5.45. The Hall–Kier alpha value is -2.89. The summed E-state index contributed by atoms with van der Waals surface area (Å²) in [6.45, 7) is 2.38. The maximum atomic E-state index is 11.8. The van der Waals surface area contributed by atoms with Crippen LogP contribution in [-0.2, 0) is 16.1 Å². The highest BCUT2D eigenvalue weighted by atomic mass is 16.5. The van der Waals surface area contributed by atoms with Crippen molar-refractivity contribution >= 4 is 11.8 Å². The van der Waals surface area contributed by atoms with Gasteiger partial charge < -0.3 is 15.4 Å². The molecule has 6 heteroatoms. The third-order valence-corrected chi connectivity index (χ3v) is 4.12. The van der Waals surface area contributed by atoms with Crippen LogP contribution in [0.5, 0.6) is 11.6 Å². The summed E-state index contributed by atoms with van der Waals surface area (Å²) in [6.07, 6.45) is 2.55. The van der Waals surface area contributed by atoms with Gasteiger partial charge in [0.15, 0.2) is 0 Å². The predicted octanol–water partition coefficient (Wildman–Crippen LogP) is 2.26. The Bertz CT molecular complexity index is 749. The van der Waals surface area contributed by atoms with E-state index in [0.29, 0.717) is 24.1 Å². The number of aromatic nitrogens is 1. The largest absolute Gasteiger partial charge is 0.439 e. The van der Waals surface area contributed by atoms with Crippen LogP contribution in [-0.4, -0.2) is 23.3 Å². The molecule has 6 nitrogen and oxygen atoms in total. The monoisotopic (exact) mass is 339 g/mol. The zero-order chi connectivity index (χ0) is 17.6. The highest BCUT2D eigenvalue weighted by Gasteiger charge is 2.38. The van der Waals surface area contributed by atoms with E-state index in [1.807, 2.05) is 43.3 Å². The number of ether oxygens (including phenoxy) is 1. The van der Waals surface area contributed by atoms with E-state index >= 15 is 0 Å². The van der Waals surface area contributed by atoms with Gasteiger partial charge in [0.2, 0.25) is 17.7 Å². The van der Waals surface area contributed by atoms with Crippen LogP contribution >= 0.6 is 0 Å². The molecule has 2 unspecified atom stereocenters. The fraction of sp³-hybridized carbons (Fsp3) is 0.316. The summed E-state index contributed by atoms with van der Waals surface area (Å²) >= 11 is 0. The van der Waals surface area contributed by atoms with Crippen LogP contribution in [0.2, 0.25) is 0 Å². The van der Waals surface area contributed by atoms with E-state index < -0.39 is 0 Å². The Kier molecular flexibility index (Phi) is 5.28. The minimum atomic E-state index is -0.219. The molecule has 2 N–H and O–H groups in total. The molecule has 0 saturated heterocycles. The van der Waals surface area contributed by atoms with Gasteiger partial charge in [-0.05, 0) is 36.1 Å². The van der Waals surface area contributed by atoms with Crippen LogP contribution in [0.3, 0.4) is 0 Å². The molecule has 1 aliphatic carbocycles. The summed E-state index contributed by atoms with van der Waals surface area (Å²) in [5.41, 5.74) is 0.872. The molecule has 1 aromatic heterocycles. The van der Waals surface area contributed by atoms with Gasteiger partial charge in [0, 0.05) is 24.7 Å². The molecule has 2 atom stereocenters. The maximum Gasteiger partial charge on any atom is 0.239 e. The number of pyridine rings is 1. The summed E-state index contributed by atoms with van der Waals surface area (Å²) in [6, 6.07) is 13.0. The average molecular weight is 339 g/mol. The summed E-state index contributed by atoms with van der Waals surface area (Å²) < 4.78 is 5.67. The van der Waals surface area contributed by atoms with E-state index in [1.54, 1.807) is 12.3 Å². The first kappa shape index (κ1) is 17.0. The zero-order valence-electron chi connectivity index (χ0n) is 14.1. The van der Waals surface area contributed by atoms with Gasteiger partial charge in [-0.1, -0.05) is 25.1 Å². The van der Waals surface area contributed by atoms with Gasteiger partial charge in [-0.3, -0.25) is 9.59 Å². The van der Waals surface area contributed by atoms with Crippen molar-refractivity contribution in [2.45, 2.75) is 19.9 Å². The van der Waals surface area contributed by atoms with Crippen LogP contribution in [0.25, 0.3) is 0 Å². The van der Waals surface area contributed by atoms with Crippen molar-refractivity contribution in [2.75, 3.05) is 6.54 Å². The number of para-hydroxylation sites is 1. The molecule has 0 radical (unpaired) electrons. The third kappa shape index (κ3) is 5.04. The number of hydrogen-bond acceptors (Lipinski definition) is 4. The molecule has 1 saturated carbocycles. The van der Waals surface area contributed by atoms with Crippen LogP contribution < -0.4 is 15.4 Å². The quantitative estimate of drug-likeness (QED) is 0.811. The van der Waals surface area contributed by atoms with Gasteiger partial charge >= 0.3 is 0 Å². The number of benzene rings is 1. The van der Waals surface area contributed by atoms with Gasteiger partial charge in [-0.15, -0.1) is 0 Å². The fourth-order valence-electron chi connectivity index (χ4n) is 2.47. The van der Waals surface area contributed by atoms with E-state index in [-0.39, 0.29) is 24.3 Å². The molecule has 2 amide bonds. The second-order valence-electron chi connectivity index (χ2n) is 6.23. The lowest BCUT2D eigenvalue weighted by Gasteiger charge is -2.08. The highest BCUT2D eigenvalue weighted by molar-refractivity contribution is 5.87. The van der Waals surface area contributed by atoms with Gasteiger partial charge in [0.05, 0.1) is 6.54 Å².